The summed E-state index contributed by atoms with van der Waals surface area (Å²) < 4.78 is 11.1. The molecule has 3 aromatic rings. The zero-order valence-corrected chi connectivity index (χ0v) is 21.2. The van der Waals surface area contributed by atoms with Crippen LogP contribution in [0.2, 0.25) is 0 Å². The second-order valence-corrected chi connectivity index (χ2v) is 9.07. The van der Waals surface area contributed by atoms with Crippen LogP contribution < -0.4 is 5.32 Å². The molecule has 0 aliphatic heterocycles. The third-order valence-corrected chi connectivity index (χ3v) is 6.68. The molecule has 2 aromatic carbocycles. The van der Waals surface area contributed by atoms with Crippen molar-refractivity contribution in [1.29, 1.82) is 0 Å². The van der Waals surface area contributed by atoms with E-state index in [4.69, 9.17) is 9.26 Å². The van der Waals surface area contributed by atoms with E-state index < -0.39 is 23.6 Å². The van der Waals surface area contributed by atoms with Crippen molar-refractivity contribution in [3.05, 3.63) is 96.2 Å². The first kappa shape index (κ1) is 25.7. The molecule has 2 N–H and O–H groups in total. The molecule has 190 valence electrons. The lowest BCUT2D eigenvalue weighted by Gasteiger charge is -2.15. The number of aliphatic carboxylic acids is 1. The zero-order chi connectivity index (χ0) is 26.6. The van der Waals surface area contributed by atoms with Crippen molar-refractivity contribution in [3.63, 3.8) is 0 Å². The van der Waals surface area contributed by atoms with E-state index in [1.807, 2.05) is 67.6 Å². The highest BCUT2D eigenvalue weighted by molar-refractivity contribution is 5.91. The maximum atomic E-state index is 12.6. The summed E-state index contributed by atoms with van der Waals surface area (Å²) in [4.78, 5) is 24.2. The third kappa shape index (κ3) is 5.40. The van der Waals surface area contributed by atoms with Gasteiger partial charge in [0.25, 0.3) is 0 Å². The fraction of sp³-hybridized carbons (Fsp3) is 0.233. The summed E-state index contributed by atoms with van der Waals surface area (Å²) in [5.74, 6) is -0.333. The van der Waals surface area contributed by atoms with Gasteiger partial charge in [-0.25, -0.2) is 4.79 Å². The fourth-order valence-electron chi connectivity index (χ4n) is 4.27. The van der Waals surface area contributed by atoms with E-state index in [9.17, 15) is 14.7 Å². The lowest BCUT2D eigenvalue weighted by molar-refractivity contribution is -0.140. The molecule has 1 unspecified atom stereocenters. The molecule has 37 heavy (non-hydrogen) atoms. The Morgan fingerprint density at radius 3 is 2.24 bits per heavy atom. The Bertz CT molecular complexity index is 1360. The molecule has 1 aromatic heterocycles. The molecule has 0 saturated heterocycles. The lowest BCUT2D eigenvalue weighted by atomic mass is 9.93. The molecule has 7 nitrogen and oxygen atoms in total. The van der Waals surface area contributed by atoms with Gasteiger partial charge in [-0.15, -0.1) is 0 Å². The van der Waals surface area contributed by atoms with Crippen LogP contribution in [0.3, 0.4) is 0 Å². The van der Waals surface area contributed by atoms with Gasteiger partial charge in [0.2, 0.25) is 0 Å². The average molecular weight is 499 g/mol. The molecule has 1 aliphatic carbocycles. The number of aromatic nitrogens is 1. The van der Waals surface area contributed by atoms with Gasteiger partial charge in [0.15, 0.2) is 5.76 Å². The van der Waals surface area contributed by atoms with Crippen molar-refractivity contribution in [2.45, 2.75) is 45.1 Å². The minimum atomic E-state index is -0.762. The SMILES string of the molecule is C=C/C=C\C(=C/C)C(C)OC(=O)Nc1c(C)noc1-c1ccc(-c2ccc(C3(C(=O)O)CC3)cc2)cc1. The summed E-state index contributed by atoms with van der Waals surface area (Å²) >= 11 is 0. The van der Waals surface area contributed by atoms with Crippen LogP contribution in [0.5, 0.6) is 0 Å². The summed E-state index contributed by atoms with van der Waals surface area (Å²) in [5.41, 5.74) is 4.64. The van der Waals surface area contributed by atoms with E-state index in [0.29, 0.717) is 30.0 Å². The van der Waals surface area contributed by atoms with Crippen LogP contribution in [0.15, 0.2) is 89.5 Å². The van der Waals surface area contributed by atoms with E-state index >= 15 is 0 Å². The molecule has 0 bridgehead atoms. The summed E-state index contributed by atoms with van der Waals surface area (Å²) in [6, 6.07) is 15.3. The molecule has 7 heteroatoms. The van der Waals surface area contributed by atoms with Gasteiger partial charge >= 0.3 is 12.1 Å². The van der Waals surface area contributed by atoms with Crippen LogP contribution in [-0.2, 0) is 14.9 Å². The van der Waals surface area contributed by atoms with Crippen molar-refractivity contribution in [2.75, 3.05) is 5.32 Å². The Labute approximate surface area is 216 Å². The summed E-state index contributed by atoms with van der Waals surface area (Å²) in [5, 5.41) is 16.3. The first-order chi connectivity index (χ1) is 17.8. The third-order valence-electron chi connectivity index (χ3n) is 6.68. The number of benzene rings is 2. The Balaban J connectivity index is 1.48. The van der Waals surface area contributed by atoms with Gasteiger partial charge in [0.05, 0.1) is 5.41 Å². The molecule has 1 amide bonds. The molecule has 4 rings (SSSR count). The highest BCUT2D eigenvalue weighted by Gasteiger charge is 2.51. The number of carbonyl (C=O) groups is 2. The number of nitrogens with zero attached hydrogens (tertiary/aromatic N) is 1. The lowest BCUT2D eigenvalue weighted by Crippen LogP contribution is -2.21. The molecular formula is C30H30N2O5. The van der Waals surface area contributed by atoms with Gasteiger partial charge in [-0.05, 0) is 55.9 Å². The number of anilines is 1. The number of hydrogen-bond donors (Lipinski definition) is 2. The molecule has 0 spiro atoms. The van der Waals surface area contributed by atoms with Crippen molar-refractivity contribution >= 4 is 17.7 Å². The first-order valence-corrected chi connectivity index (χ1v) is 12.1. The number of allylic oxidation sites excluding steroid dienone is 3. The van der Waals surface area contributed by atoms with Crippen molar-refractivity contribution < 1.29 is 24.0 Å². The van der Waals surface area contributed by atoms with E-state index in [1.54, 1.807) is 26.0 Å². The van der Waals surface area contributed by atoms with Gasteiger partial charge < -0.3 is 14.4 Å². The Hall–Kier alpha value is -4.39. The number of carboxylic acids is 1. The second-order valence-electron chi connectivity index (χ2n) is 9.07. The van der Waals surface area contributed by atoms with Gasteiger partial charge in [0, 0.05) is 5.56 Å². The van der Waals surface area contributed by atoms with Crippen LogP contribution in [0.4, 0.5) is 10.5 Å². The van der Waals surface area contributed by atoms with E-state index in [-0.39, 0.29) is 0 Å². The number of carboxylic acid groups (broad SMARTS) is 1. The predicted molar refractivity (Wildman–Crippen MR) is 143 cm³/mol. The smallest absolute Gasteiger partial charge is 0.412 e. The first-order valence-electron chi connectivity index (χ1n) is 12.1. The van der Waals surface area contributed by atoms with Crippen LogP contribution in [0.1, 0.15) is 37.9 Å². The van der Waals surface area contributed by atoms with Crippen LogP contribution >= 0.6 is 0 Å². The van der Waals surface area contributed by atoms with Crippen LogP contribution in [0, 0.1) is 6.92 Å². The van der Waals surface area contributed by atoms with E-state index in [2.05, 4.69) is 17.1 Å². The fourth-order valence-corrected chi connectivity index (χ4v) is 4.27. The van der Waals surface area contributed by atoms with Gasteiger partial charge in [0.1, 0.15) is 17.5 Å². The van der Waals surface area contributed by atoms with Crippen LogP contribution in [0.25, 0.3) is 22.5 Å². The molecule has 1 heterocycles. The second kappa shape index (κ2) is 10.7. The average Bonchev–Trinajstić information content (AvgIpc) is 3.64. The Morgan fingerprint density at radius 2 is 1.70 bits per heavy atom. The highest BCUT2D eigenvalue weighted by Crippen LogP contribution is 2.48. The number of rotatable bonds is 9. The summed E-state index contributed by atoms with van der Waals surface area (Å²) in [6.45, 7) is 9.07. The molecule has 1 atom stereocenters. The number of hydrogen-bond acceptors (Lipinski definition) is 5. The van der Waals surface area contributed by atoms with Crippen molar-refractivity contribution in [2.24, 2.45) is 0 Å². The summed E-state index contributed by atoms with van der Waals surface area (Å²) in [7, 11) is 0. The number of ether oxygens (including phenoxy) is 1. The van der Waals surface area contributed by atoms with Crippen molar-refractivity contribution in [3.8, 4) is 22.5 Å². The topological polar surface area (TPSA) is 102 Å². The molecular weight excluding hydrogens is 468 g/mol. The van der Waals surface area contributed by atoms with Gasteiger partial charge in [-0.1, -0.05) is 84.6 Å². The van der Waals surface area contributed by atoms with Crippen LogP contribution in [-0.4, -0.2) is 28.4 Å². The van der Waals surface area contributed by atoms with Gasteiger partial charge in [-0.2, -0.15) is 0 Å². The van der Waals surface area contributed by atoms with E-state index in [1.165, 1.54) is 0 Å². The maximum Gasteiger partial charge on any atom is 0.412 e. The Morgan fingerprint density at radius 1 is 1.11 bits per heavy atom. The molecule has 1 aliphatic rings. The molecule has 1 saturated carbocycles. The molecule has 1 fully saturated rings. The van der Waals surface area contributed by atoms with Crippen molar-refractivity contribution in [1.82, 2.24) is 5.16 Å². The number of carbonyl (C=O) groups excluding carboxylic acids is 1. The minimum Gasteiger partial charge on any atom is -0.481 e. The number of amides is 1. The predicted octanol–water partition coefficient (Wildman–Crippen LogP) is 7.06. The minimum absolute atomic E-state index is 0.430. The van der Waals surface area contributed by atoms with E-state index in [0.717, 1.165) is 27.8 Å². The molecule has 0 radical (unpaired) electrons. The number of aryl methyl sites for hydroxylation is 1. The Kier molecular flexibility index (Phi) is 7.43. The highest BCUT2D eigenvalue weighted by atomic mass is 16.6. The number of nitrogens with one attached hydrogen (secondary N) is 1. The zero-order valence-electron chi connectivity index (χ0n) is 21.2. The maximum absolute atomic E-state index is 12.6. The normalized spacial score (nSPS) is 15.3. The standard InChI is InChI=1S/C30H30N2O5/c1-5-7-8-21(6-2)20(4)36-29(35)31-26-19(3)32-37-27(26)24-11-9-22(10-12-24)23-13-15-25(16-14-23)30(17-18-30)28(33)34/h5-16,20H,1,17-18H2,2-4H3,(H,31,35)(H,33,34)/b8-7-,21-6+. The largest absolute Gasteiger partial charge is 0.481 e. The monoisotopic (exact) mass is 498 g/mol. The van der Waals surface area contributed by atoms with Gasteiger partial charge in [-0.3, -0.25) is 10.1 Å². The quantitative estimate of drug-likeness (QED) is 0.306. The summed E-state index contributed by atoms with van der Waals surface area (Å²) in [6.07, 6.45) is 7.45.